The minimum absolute atomic E-state index is 0.270. The molecule has 0 saturated heterocycles. The molecule has 1 N–H and O–H groups in total. The van der Waals surface area contributed by atoms with E-state index in [0.717, 1.165) is 18.7 Å². The van der Waals surface area contributed by atoms with Crippen LogP contribution in [0.25, 0.3) is 0 Å². The Bertz CT molecular complexity index is 503. The lowest BCUT2D eigenvalue weighted by molar-refractivity contribution is 0.561. The summed E-state index contributed by atoms with van der Waals surface area (Å²) in [6.07, 6.45) is 2.99. The highest BCUT2D eigenvalue weighted by Crippen LogP contribution is 2.12. The van der Waals surface area contributed by atoms with Gasteiger partial charge in [0.15, 0.2) is 0 Å². The predicted molar refractivity (Wildman–Crippen MR) is 84.5 cm³/mol. The van der Waals surface area contributed by atoms with E-state index in [4.69, 9.17) is 0 Å². The number of hydrogen-bond acceptors (Lipinski definition) is 2. The molecule has 0 fully saturated rings. The van der Waals surface area contributed by atoms with Gasteiger partial charge in [0, 0.05) is 18.8 Å². The van der Waals surface area contributed by atoms with Crippen molar-refractivity contribution in [2.45, 2.75) is 39.8 Å². The van der Waals surface area contributed by atoms with Crippen molar-refractivity contribution in [1.29, 1.82) is 0 Å². The van der Waals surface area contributed by atoms with E-state index in [1.165, 1.54) is 11.1 Å². The predicted octanol–water partition coefficient (Wildman–Crippen LogP) is 4.13. The lowest BCUT2D eigenvalue weighted by Crippen LogP contribution is -2.18. The first-order valence-corrected chi connectivity index (χ1v) is 7.37. The van der Waals surface area contributed by atoms with Crippen molar-refractivity contribution in [2.75, 3.05) is 0 Å². The number of nitrogens with zero attached hydrogens (tertiary/aromatic N) is 1. The minimum Gasteiger partial charge on any atom is -0.305 e. The van der Waals surface area contributed by atoms with Crippen molar-refractivity contribution < 1.29 is 0 Å². The second-order valence-corrected chi connectivity index (χ2v) is 5.77. The molecule has 1 aromatic carbocycles. The average Bonchev–Trinajstić information content (AvgIpc) is 2.46. The summed E-state index contributed by atoms with van der Waals surface area (Å²) in [5.74, 6) is 0.711. The normalized spacial score (nSPS) is 12.6. The second-order valence-electron chi connectivity index (χ2n) is 5.77. The van der Waals surface area contributed by atoms with Gasteiger partial charge < -0.3 is 5.32 Å². The Balaban J connectivity index is 1.88. The van der Waals surface area contributed by atoms with E-state index in [-0.39, 0.29) is 6.04 Å². The molecule has 1 atom stereocenters. The summed E-state index contributed by atoms with van der Waals surface area (Å²) in [7, 11) is 0. The highest BCUT2D eigenvalue weighted by atomic mass is 14.9. The maximum atomic E-state index is 4.38. The smallest absolute Gasteiger partial charge is 0.0570 e. The Morgan fingerprint density at radius 3 is 2.25 bits per heavy atom. The zero-order chi connectivity index (χ0) is 14.4. The third-order valence-electron chi connectivity index (χ3n) is 3.41. The number of pyridine rings is 1. The highest BCUT2D eigenvalue weighted by Gasteiger charge is 2.05. The minimum atomic E-state index is 0.270. The van der Waals surface area contributed by atoms with Crippen LogP contribution in [0.3, 0.4) is 0 Å². The van der Waals surface area contributed by atoms with Gasteiger partial charge in [0.2, 0.25) is 0 Å². The van der Waals surface area contributed by atoms with Crippen LogP contribution in [-0.4, -0.2) is 4.98 Å². The zero-order valence-electron chi connectivity index (χ0n) is 12.6. The lowest BCUT2D eigenvalue weighted by Gasteiger charge is -2.13. The van der Waals surface area contributed by atoms with Gasteiger partial charge in [-0.05, 0) is 42.5 Å². The van der Waals surface area contributed by atoms with Crippen LogP contribution < -0.4 is 5.32 Å². The van der Waals surface area contributed by atoms with E-state index in [9.17, 15) is 0 Å². The second kappa shape index (κ2) is 7.20. The monoisotopic (exact) mass is 268 g/mol. The van der Waals surface area contributed by atoms with Gasteiger partial charge in [-0.2, -0.15) is 0 Å². The Morgan fingerprint density at radius 1 is 0.950 bits per heavy atom. The van der Waals surface area contributed by atoms with Crippen molar-refractivity contribution in [1.82, 2.24) is 10.3 Å². The fourth-order valence-corrected chi connectivity index (χ4v) is 2.27. The van der Waals surface area contributed by atoms with E-state index in [0.29, 0.717) is 5.92 Å². The molecule has 0 unspecified atom stereocenters. The van der Waals surface area contributed by atoms with Crippen molar-refractivity contribution in [3.63, 3.8) is 0 Å². The molecular weight excluding hydrogens is 244 g/mol. The summed E-state index contributed by atoms with van der Waals surface area (Å²) in [4.78, 5) is 4.38. The first kappa shape index (κ1) is 14.7. The lowest BCUT2D eigenvalue weighted by atomic mass is 10.0. The largest absolute Gasteiger partial charge is 0.305 e. The van der Waals surface area contributed by atoms with Crippen LogP contribution in [0.15, 0.2) is 48.7 Å². The van der Waals surface area contributed by atoms with Gasteiger partial charge in [-0.1, -0.05) is 44.2 Å². The molecule has 0 spiro atoms. The van der Waals surface area contributed by atoms with Crippen LogP contribution in [0.2, 0.25) is 0 Å². The summed E-state index contributed by atoms with van der Waals surface area (Å²) in [6.45, 7) is 7.53. The molecule has 1 heterocycles. The van der Waals surface area contributed by atoms with E-state index in [2.05, 4.69) is 61.4 Å². The molecule has 2 rings (SSSR count). The molecule has 0 radical (unpaired) electrons. The summed E-state index contributed by atoms with van der Waals surface area (Å²) < 4.78 is 0. The molecule has 106 valence electrons. The van der Waals surface area contributed by atoms with Crippen LogP contribution in [0.1, 0.15) is 43.6 Å². The van der Waals surface area contributed by atoms with Gasteiger partial charge >= 0.3 is 0 Å². The number of nitrogens with one attached hydrogen (secondary N) is 1. The Labute approximate surface area is 122 Å². The molecule has 0 aliphatic rings. The highest BCUT2D eigenvalue weighted by molar-refractivity contribution is 5.23. The van der Waals surface area contributed by atoms with Crippen LogP contribution in [0.5, 0.6) is 0 Å². The van der Waals surface area contributed by atoms with Gasteiger partial charge in [-0.25, -0.2) is 0 Å². The fourth-order valence-electron chi connectivity index (χ4n) is 2.27. The molecule has 0 amide bonds. The van der Waals surface area contributed by atoms with Crippen LogP contribution in [0.4, 0.5) is 0 Å². The number of benzene rings is 1. The molecular formula is C18H24N2. The first-order chi connectivity index (χ1) is 9.65. The number of aromatic nitrogens is 1. The van der Waals surface area contributed by atoms with Gasteiger partial charge in [0.05, 0.1) is 5.69 Å². The number of rotatable bonds is 6. The molecule has 0 aliphatic heterocycles. The van der Waals surface area contributed by atoms with Crippen molar-refractivity contribution in [3.8, 4) is 0 Å². The molecule has 2 nitrogen and oxygen atoms in total. The Hall–Kier alpha value is -1.67. The fraction of sp³-hybridized carbons (Fsp3) is 0.389. The van der Waals surface area contributed by atoms with Gasteiger partial charge in [0.25, 0.3) is 0 Å². The third-order valence-corrected chi connectivity index (χ3v) is 3.41. The van der Waals surface area contributed by atoms with E-state index in [1.54, 1.807) is 0 Å². The van der Waals surface area contributed by atoms with E-state index >= 15 is 0 Å². The van der Waals surface area contributed by atoms with Crippen molar-refractivity contribution in [2.24, 2.45) is 5.92 Å². The summed E-state index contributed by atoms with van der Waals surface area (Å²) >= 11 is 0. The molecule has 2 aromatic rings. The first-order valence-electron chi connectivity index (χ1n) is 7.37. The summed E-state index contributed by atoms with van der Waals surface area (Å²) in [6, 6.07) is 15.2. The van der Waals surface area contributed by atoms with Gasteiger partial charge in [-0.3, -0.25) is 4.98 Å². The SMILES string of the molecule is CC(C)Cc1ccc(CN[C@H](C)c2ccccn2)cc1. The summed E-state index contributed by atoms with van der Waals surface area (Å²) in [5, 5.41) is 3.51. The van der Waals surface area contributed by atoms with Crippen LogP contribution in [0, 0.1) is 5.92 Å². The van der Waals surface area contributed by atoms with E-state index < -0.39 is 0 Å². The molecule has 2 heteroatoms. The van der Waals surface area contributed by atoms with E-state index in [1.807, 2.05) is 18.3 Å². The molecule has 0 saturated carbocycles. The van der Waals surface area contributed by atoms with Crippen molar-refractivity contribution >= 4 is 0 Å². The Kier molecular flexibility index (Phi) is 5.31. The molecule has 0 bridgehead atoms. The quantitative estimate of drug-likeness (QED) is 0.852. The maximum Gasteiger partial charge on any atom is 0.0570 e. The van der Waals surface area contributed by atoms with Crippen LogP contribution >= 0.6 is 0 Å². The third kappa shape index (κ3) is 4.46. The van der Waals surface area contributed by atoms with Gasteiger partial charge in [-0.15, -0.1) is 0 Å². The topological polar surface area (TPSA) is 24.9 Å². The summed E-state index contributed by atoms with van der Waals surface area (Å²) in [5.41, 5.74) is 3.82. The molecule has 20 heavy (non-hydrogen) atoms. The standard InChI is InChI=1S/C18H24N2/c1-14(2)12-16-7-9-17(10-8-16)13-20-15(3)18-6-4-5-11-19-18/h4-11,14-15,20H,12-13H2,1-3H3/t15-/m1/s1. The molecule has 0 aliphatic carbocycles. The van der Waals surface area contributed by atoms with Crippen LogP contribution in [-0.2, 0) is 13.0 Å². The van der Waals surface area contributed by atoms with Crippen molar-refractivity contribution in [3.05, 3.63) is 65.5 Å². The Morgan fingerprint density at radius 2 is 1.65 bits per heavy atom. The molecule has 1 aromatic heterocycles. The average molecular weight is 268 g/mol. The van der Waals surface area contributed by atoms with Gasteiger partial charge in [0.1, 0.15) is 0 Å². The maximum absolute atomic E-state index is 4.38. The number of hydrogen-bond donors (Lipinski definition) is 1. The zero-order valence-corrected chi connectivity index (χ0v) is 12.6.